The smallest absolute Gasteiger partial charge is 0.258 e. The van der Waals surface area contributed by atoms with Crippen LogP contribution in [0, 0.1) is 5.82 Å². The highest BCUT2D eigenvalue weighted by Crippen LogP contribution is 2.31. The van der Waals surface area contributed by atoms with Crippen molar-refractivity contribution in [2.75, 3.05) is 34.4 Å². The molecule has 0 radical (unpaired) electrons. The van der Waals surface area contributed by atoms with E-state index in [9.17, 15) is 14.0 Å². The molecular weight excluding hydrogens is 525 g/mol. The number of para-hydroxylation sites is 1. The number of carbonyl (C=O) groups excluding carboxylic acids is 2. The lowest BCUT2D eigenvalue weighted by molar-refractivity contribution is -0.118. The van der Waals surface area contributed by atoms with Gasteiger partial charge in [-0.15, -0.1) is 0 Å². The van der Waals surface area contributed by atoms with E-state index >= 15 is 0 Å². The minimum Gasteiger partial charge on any atom is -0.332 e. The van der Waals surface area contributed by atoms with E-state index in [0.29, 0.717) is 40.4 Å². The number of likely N-dealkylation sites (tertiary alicyclic amines) is 1. The highest BCUT2D eigenvalue weighted by molar-refractivity contribution is 7.80. The van der Waals surface area contributed by atoms with Gasteiger partial charge in [0.05, 0.1) is 28.5 Å². The molecule has 1 aliphatic rings. The molecule has 1 unspecified atom stereocenters. The maximum absolute atomic E-state index is 13.8. The predicted octanol–water partition coefficient (Wildman–Crippen LogP) is 6.35. The van der Waals surface area contributed by atoms with Crippen molar-refractivity contribution in [3.05, 3.63) is 83.1 Å². The molecule has 4 rings (SSSR count). The van der Waals surface area contributed by atoms with Crippen LogP contribution in [0.25, 0.3) is 0 Å². The summed E-state index contributed by atoms with van der Waals surface area (Å²) in [5, 5.41) is 12.4. The summed E-state index contributed by atoms with van der Waals surface area (Å²) in [6.45, 7) is 3.35. The zero-order chi connectivity index (χ0) is 27.1. The minimum atomic E-state index is -0.586. The largest absolute Gasteiger partial charge is 0.332 e. The quantitative estimate of drug-likeness (QED) is 0.255. The molecule has 10 heteroatoms. The molecule has 3 aromatic carbocycles. The lowest BCUT2D eigenvalue weighted by Crippen LogP contribution is -2.42. The van der Waals surface area contributed by atoms with Crippen LogP contribution in [-0.2, 0) is 4.79 Å². The zero-order valence-electron chi connectivity index (χ0n) is 20.9. The molecule has 0 saturated carbocycles. The Morgan fingerprint density at radius 1 is 0.947 bits per heavy atom. The minimum absolute atomic E-state index is 0.0325. The summed E-state index contributed by atoms with van der Waals surface area (Å²) in [6, 6.07) is 18.2. The molecule has 0 aliphatic carbocycles. The monoisotopic (exact) mass is 553 g/mol. The molecule has 1 aliphatic heterocycles. The molecule has 3 aromatic rings. The Kier molecular flexibility index (Phi) is 9.28. The van der Waals surface area contributed by atoms with Gasteiger partial charge < -0.3 is 21.3 Å². The van der Waals surface area contributed by atoms with Gasteiger partial charge in [-0.25, -0.2) is 4.39 Å². The number of carbonyl (C=O) groups is 2. The Morgan fingerprint density at radius 3 is 2.37 bits per heavy atom. The van der Waals surface area contributed by atoms with Crippen molar-refractivity contribution in [3.63, 3.8) is 0 Å². The number of hydrogen-bond acceptors (Lipinski definition) is 4. The second kappa shape index (κ2) is 12.8. The van der Waals surface area contributed by atoms with Crippen molar-refractivity contribution in [2.24, 2.45) is 0 Å². The normalized spacial score (nSPS) is 15.4. The molecular formula is C28H29ClFN5O2S. The number of rotatable bonds is 7. The second-order valence-corrected chi connectivity index (χ2v) is 9.93. The Balaban J connectivity index is 1.35. The average molecular weight is 554 g/mol. The summed E-state index contributed by atoms with van der Waals surface area (Å²) in [7, 11) is 0. The van der Waals surface area contributed by atoms with Crippen LogP contribution in [0.3, 0.4) is 0 Å². The van der Waals surface area contributed by atoms with Crippen LogP contribution in [0.4, 0.5) is 27.1 Å². The van der Waals surface area contributed by atoms with Gasteiger partial charge in [0.1, 0.15) is 5.82 Å². The van der Waals surface area contributed by atoms with Gasteiger partial charge in [-0.3, -0.25) is 14.5 Å². The van der Waals surface area contributed by atoms with Crippen molar-refractivity contribution in [2.45, 2.75) is 32.2 Å². The van der Waals surface area contributed by atoms with E-state index in [4.69, 9.17) is 23.8 Å². The van der Waals surface area contributed by atoms with Crippen LogP contribution in [-0.4, -0.2) is 41.0 Å². The molecule has 1 heterocycles. The maximum atomic E-state index is 13.8. The first kappa shape index (κ1) is 27.5. The number of benzene rings is 3. The van der Waals surface area contributed by atoms with Gasteiger partial charge in [-0.05, 0) is 87.1 Å². The first-order chi connectivity index (χ1) is 18.3. The number of piperidine rings is 1. The lowest BCUT2D eigenvalue weighted by Gasteiger charge is -2.32. The number of nitrogens with one attached hydrogen (secondary N) is 4. The van der Waals surface area contributed by atoms with Gasteiger partial charge in [-0.1, -0.05) is 36.2 Å². The summed E-state index contributed by atoms with van der Waals surface area (Å²) >= 11 is 11.9. The van der Waals surface area contributed by atoms with Crippen molar-refractivity contribution < 1.29 is 14.0 Å². The van der Waals surface area contributed by atoms with Gasteiger partial charge in [0.25, 0.3) is 5.91 Å². The number of hydrogen-bond donors (Lipinski definition) is 4. The third-order valence-corrected chi connectivity index (χ3v) is 6.85. The van der Waals surface area contributed by atoms with Crippen LogP contribution >= 0.6 is 23.8 Å². The molecule has 0 spiro atoms. The summed E-state index contributed by atoms with van der Waals surface area (Å²) < 4.78 is 13.8. The van der Waals surface area contributed by atoms with Gasteiger partial charge in [0, 0.05) is 17.4 Å². The topological polar surface area (TPSA) is 85.5 Å². The first-order valence-electron chi connectivity index (χ1n) is 12.4. The SMILES string of the molecule is CC1CCCCN1CC(=O)Nc1c(Cl)cccc1NC(=S)Nc1ccc(NC(=O)c2ccccc2F)cc1. The number of thiocarbonyl (C=S) groups is 1. The van der Waals surface area contributed by atoms with E-state index in [0.717, 1.165) is 19.4 Å². The Labute approximate surface area is 231 Å². The molecule has 38 heavy (non-hydrogen) atoms. The van der Waals surface area contributed by atoms with Gasteiger partial charge in [0.15, 0.2) is 5.11 Å². The highest BCUT2D eigenvalue weighted by Gasteiger charge is 2.21. The fourth-order valence-electron chi connectivity index (χ4n) is 4.28. The molecule has 1 fully saturated rings. The number of nitrogens with zero attached hydrogens (tertiary/aromatic N) is 1. The Hall–Kier alpha value is -3.53. The van der Waals surface area contributed by atoms with E-state index in [1.54, 1.807) is 48.5 Å². The fraction of sp³-hybridized carbons (Fsp3) is 0.250. The Bertz CT molecular complexity index is 1320. The van der Waals surface area contributed by atoms with Crippen LogP contribution in [0.5, 0.6) is 0 Å². The van der Waals surface area contributed by atoms with E-state index in [1.165, 1.54) is 24.6 Å². The number of amides is 2. The van der Waals surface area contributed by atoms with E-state index in [2.05, 4.69) is 33.1 Å². The summed E-state index contributed by atoms with van der Waals surface area (Å²) in [4.78, 5) is 27.3. The van der Waals surface area contributed by atoms with Crippen molar-refractivity contribution in [1.29, 1.82) is 0 Å². The van der Waals surface area contributed by atoms with Crippen molar-refractivity contribution in [1.82, 2.24) is 4.90 Å². The van der Waals surface area contributed by atoms with E-state index < -0.39 is 11.7 Å². The van der Waals surface area contributed by atoms with Gasteiger partial charge in [-0.2, -0.15) is 0 Å². The fourth-order valence-corrected chi connectivity index (χ4v) is 4.73. The molecule has 0 bridgehead atoms. The Morgan fingerprint density at radius 2 is 1.66 bits per heavy atom. The van der Waals surface area contributed by atoms with Crippen molar-refractivity contribution >= 4 is 63.5 Å². The second-order valence-electron chi connectivity index (χ2n) is 9.12. The van der Waals surface area contributed by atoms with Gasteiger partial charge >= 0.3 is 0 Å². The molecule has 2 amide bonds. The van der Waals surface area contributed by atoms with E-state index in [1.807, 2.05) is 0 Å². The third-order valence-electron chi connectivity index (χ3n) is 6.33. The average Bonchev–Trinajstić information content (AvgIpc) is 2.89. The molecule has 7 nitrogen and oxygen atoms in total. The highest BCUT2D eigenvalue weighted by atomic mass is 35.5. The molecule has 1 saturated heterocycles. The molecule has 0 aromatic heterocycles. The summed E-state index contributed by atoms with van der Waals surface area (Å²) in [5.41, 5.74) is 2.15. The molecule has 4 N–H and O–H groups in total. The first-order valence-corrected chi connectivity index (χ1v) is 13.1. The zero-order valence-corrected chi connectivity index (χ0v) is 22.5. The van der Waals surface area contributed by atoms with Crippen LogP contribution < -0.4 is 21.3 Å². The standard InChI is InChI=1S/C28H29ClFN5O2S/c1-18-7-4-5-16-35(18)17-25(36)34-26-22(29)9-6-11-24(26)33-28(38)32-20-14-12-19(13-15-20)31-27(37)21-8-2-3-10-23(21)30/h2-3,6,8-15,18H,4-5,7,16-17H2,1H3,(H,31,37)(H,34,36)(H2,32,33,38). The number of halogens is 2. The van der Waals surface area contributed by atoms with Crippen molar-refractivity contribution in [3.8, 4) is 0 Å². The van der Waals surface area contributed by atoms with Crippen LogP contribution in [0.2, 0.25) is 5.02 Å². The third kappa shape index (κ3) is 7.28. The molecule has 1 atom stereocenters. The summed E-state index contributed by atoms with van der Waals surface area (Å²) in [5.74, 6) is -1.26. The van der Waals surface area contributed by atoms with Crippen LogP contribution in [0.1, 0.15) is 36.5 Å². The maximum Gasteiger partial charge on any atom is 0.258 e. The number of anilines is 4. The van der Waals surface area contributed by atoms with Crippen LogP contribution in [0.15, 0.2) is 66.7 Å². The molecule has 198 valence electrons. The van der Waals surface area contributed by atoms with E-state index in [-0.39, 0.29) is 16.6 Å². The van der Waals surface area contributed by atoms with Gasteiger partial charge in [0.2, 0.25) is 5.91 Å². The summed E-state index contributed by atoms with van der Waals surface area (Å²) in [6.07, 6.45) is 3.37. The lowest BCUT2D eigenvalue weighted by atomic mass is 10.0. The predicted molar refractivity (Wildman–Crippen MR) is 156 cm³/mol.